The Kier molecular flexibility index (Phi) is 2.11. The highest BCUT2D eigenvalue weighted by Crippen LogP contribution is 2.31. The minimum Gasteiger partial charge on any atom is -0.290 e. The molecule has 0 N–H and O–H groups in total. The summed E-state index contributed by atoms with van der Waals surface area (Å²) in [6.45, 7) is 0. The Morgan fingerprint density at radius 2 is 1.88 bits per heavy atom. The number of nitrogens with zero attached hydrogens (tertiary/aromatic N) is 1. The van der Waals surface area contributed by atoms with Crippen LogP contribution in [0.15, 0.2) is 48.5 Å². The number of thiazole rings is 1. The summed E-state index contributed by atoms with van der Waals surface area (Å²) in [6, 6.07) is 14.8. The zero-order valence-electron chi connectivity index (χ0n) is 8.38. The van der Waals surface area contributed by atoms with Crippen LogP contribution in [0.4, 0.5) is 0 Å². The van der Waals surface area contributed by atoms with Crippen molar-refractivity contribution >= 4 is 21.6 Å². The fraction of sp³-hybridized carbons (Fsp3) is 0. The maximum absolute atomic E-state index is 11.3. The number of para-hydroxylation sites is 1. The van der Waals surface area contributed by atoms with Crippen LogP contribution in [0, 0.1) is 0 Å². The summed E-state index contributed by atoms with van der Waals surface area (Å²) in [5, 5.41) is 12.2. The predicted octanol–water partition coefficient (Wildman–Crippen LogP) is 4.11. The third-order valence-electron chi connectivity index (χ3n) is 2.37. The molecule has 1 radical (unpaired) electrons. The van der Waals surface area contributed by atoms with Gasteiger partial charge in [-0.15, -0.1) is 11.3 Å². The van der Waals surface area contributed by atoms with Crippen LogP contribution in [0.5, 0.6) is 5.75 Å². The molecule has 0 atom stereocenters. The van der Waals surface area contributed by atoms with Gasteiger partial charge in [0.1, 0.15) is 5.01 Å². The normalized spacial score (nSPS) is 10.8. The molecule has 0 aliphatic heterocycles. The maximum Gasteiger partial charge on any atom is 0.179 e. The lowest BCUT2D eigenvalue weighted by Gasteiger charge is -1.93. The average molecular weight is 226 g/mol. The zero-order chi connectivity index (χ0) is 11.0. The third kappa shape index (κ3) is 1.55. The fourth-order valence-electron chi connectivity index (χ4n) is 1.62. The highest BCUT2D eigenvalue weighted by molar-refractivity contribution is 7.21. The van der Waals surface area contributed by atoms with Crippen LogP contribution in [0.1, 0.15) is 0 Å². The van der Waals surface area contributed by atoms with Crippen LogP contribution in [0.2, 0.25) is 0 Å². The first-order valence-electron chi connectivity index (χ1n) is 4.96. The summed E-state index contributed by atoms with van der Waals surface area (Å²) in [6.07, 6.45) is 0. The Morgan fingerprint density at radius 3 is 2.69 bits per heavy atom. The SMILES string of the molecule is [O]c1cccc(-c2nc3ccccc3s2)c1. The second-order valence-corrected chi connectivity index (χ2v) is 4.55. The fourth-order valence-corrected chi connectivity index (χ4v) is 2.59. The first kappa shape index (κ1) is 9.36. The number of hydrogen-bond acceptors (Lipinski definition) is 2. The monoisotopic (exact) mass is 226 g/mol. The van der Waals surface area contributed by atoms with E-state index in [2.05, 4.69) is 4.98 Å². The average Bonchev–Trinajstić information content (AvgIpc) is 2.72. The van der Waals surface area contributed by atoms with E-state index in [1.807, 2.05) is 30.3 Å². The van der Waals surface area contributed by atoms with Gasteiger partial charge in [-0.25, -0.2) is 4.98 Å². The van der Waals surface area contributed by atoms with E-state index in [4.69, 9.17) is 0 Å². The van der Waals surface area contributed by atoms with Crippen molar-refractivity contribution in [3.8, 4) is 16.3 Å². The molecule has 3 rings (SSSR count). The van der Waals surface area contributed by atoms with E-state index in [1.165, 1.54) is 0 Å². The van der Waals surface area contributed by atoms with Gasteiger partial charge in [0.25, 0.3) is 0 Å². The van der Waals surface area contributed by atoms with Gasteiger partial charge in [0.05, 0.1) is 10.2 Å². The molecule has 0 bridgehead atoms. The molecule has 3 heteroatoms. The lowest BCUT2D eigenvalue weighted by Crippen LogP contribution is -1.74. The lowest BCUT2D eigenvalue weighted by molar-refractivity contribution is 0.355. The molecule has 1 aromatic heterocycles. The van der Waals surface area contributed by atoms with Gasteiger partial charge < -0.3 is 0 Å². The van der Waals surface area contributed by atoms with Gasteiger partial charge in [-0.3, -0.25) is 5.11 Å². The molecule has 16 heavy (non-hydrogen) atoms. The summed E-state index contributed by atoms with van der Waals surface area (Å²) in [5.74, 6) is 0.0248. The van der Waals surface area contributed by atoms with Crippen LogP contribution < -0.4 is 0 Å². The molecule has 0 amide bonds. The highest BCUT2D eigenvalue weighted by Gasteiger charge is 2.06. The topological polar surface area (TPSA) is 32.8 Å². The second kappa shape index (κ2) is 3.61. The van der Waals surface area contributed by atoms with Crippen LogP contribution in [0.3, 0.4) is 0 Å². The van der Waals surface area contributed by atoms with E-state index in [0.29, 0.717) is 0 Å². The van der Waals surface area contributed by atoms with Crippen molar-refractivity contribution < 1.29 is 5.11 Å². The molecule has 2 aromatic carbocycles. The van der Waals surface area contributed by atoms with Crippen LogP contribution in [-0.2, 0) is 5.11 Å². The molecule has 0 aliphatic carbocycles. The summed E-state index contributed by atoms with van der Waals surface area (Å²) < 4.78 is 1.15. The minimum atomic E-state index is 0.0248. The predicted molar refractivity (Wildman–Crippen MR) is 65.2 cm³/mol. The van der Waals surface area contributed by atoms with E-state index in [-0.39, 0.29) is 5.75 Å². The van der Waals surface area contributed by atoms with Gasteiger partial charge in [-0.2, -0.15) is 0 Å². The summed E-state index contributed by atoms with van der Waals surface area (Å²) in [5.41, 5.74) is 1.88. The van der Waals surface area contributed by atoms with Crippen molar-refractivity contribution in [2.45, 2.75) is 0 Å². The molecule has 1 heterocycles. The van der Waals surface area contributed by atoms with Crippen LogP contribution in [-0.4, -0.2) is 4.98 Å². The second-order valence-electron chi connectivity index (χ2n) is 3.51. The number of hydrogen-bond donors (Lipinski definition) is 0. The molecule has 77 valence electrons. The molecule has 2 nitrogen and oxygen atoms in total. The smallest absolute Gasteiger partial charge is 0.179 e. The Bertz CT molecular complexity index is 612. The Labute approximate surface area is 96.8 Å². The van der Waals surface area contributed by atoms with Gasteiger partial charge in [-0.05, 0) is 24.3 Å². The highest BCUT2D eigenvalue weighted by atomic mass is 32.1. The van der Waals surface area contributed by atoms with E-state index in [0.717, 1.165) is 20.8 Å². The summed E-state index contributed by atoms with van der Waals surface area (Å²) >= 11 is 1.61. The Balaban J connectivity index is 2.19. The van der Waals surface area contributed by atoms with Crippen molar-refractivity contribution in [2.75, 3.05) is 0 Å². The van der Waals surface area contributed by atoms with Crippen molar-refractivity contribution in [3.63, 3.8) is 0 Å². The third-order valence-corrected chi connectivity index (χ3v) is 3.46. The van der Waals surface area contributed by atoms with Gasteiger partial charge in [0, 0.05) is 5.56 Å². The van der Waals surface area contributed by atoms with E-state index in [1.54, 1.807) is 29.5 Å². The molecule has 0 spiro atoms. The van der Waals surface area contributed by atoms with E-state index in [9.17, 15) is 5.11 Å². The summed E-state index contributed by atoms with van der Waals surface area (Å²) in [7, 11) is 0. The zero-order valence-corrected chi connectivity index (χ0v) is 9.20. The van der Waals surface area contributed by atoms with Crippen molar-refractivity contribution in [3.05, 3.63) is 48.5 Å². The van der Waals surface area contributed by atoms with Crippen molar-refractivity contribution in [1.29, 1.82) is 0 Å². The first-order valence-corrected chi connectivity index (χ1v) is 5.77. The van der Waals surface area contributed by atoms with Gasteiger partial charge >= 0.3 is 0 Å². The Morgan fingerprint density at radius 1 is 1.00 bits per heavy atom. The van der Waals surface area contributed by atoms with Crippen LogP contribution in [0.25, 0.3) is 20.8 Å². The molecule has 0 saturated carbocycles. The van der Waals surface area contributed by atoms with Gasteiger partial charge in [0.15, 0.2) is 5.75 Å². The molecule has 0 saturated heterocycles. The molecule has 0 aliphatic rings. The minimum absolute atomic E-state index is 0.0248. The summed E-state index contributed by atoms with van der Waals surface area (Å²) in [4.78, 5) is 4.50. The van der Waals surface area contributed by atoms with Gasteiger partial charge in [-0.1, -0.05) is 24.3 Å². The van der Waals surface area contributed by atoms with E-state index >= 15 is 0 Å². The molecular formula is C13H8NOS. The van der Waals surface area contributed by atoms with Crippen molar-refractivity contribution in [2.24, 2.45) is 0 Å². The number of aromatic nitrogens is 1. The Hall–Kier alpha value is -1.87. The van der Waals surface area contributed by atoms with Crippen molar-refractivity contribution in [1.82, 2.24) is 4.98 Å². The molecule has 3 aromatic rings. The number of rotatable bonds is 1. The van der Waals surface area contributed by atoms with Gasteiger partial charge in [0.2, 0.25) is 0 Å². The maximum atomic E-state index is 11.3. The first-order chi connectivity index (χ1) is 7.83. The molecule has 0 fully saturated rings. The van der Waals surface area contributed by atoms with Crippen LogP contribution >= 0.6 is 11.3 Å². The van der Waals surface area contributed by atoms with E-state index < -0.39 is 0 Å². The number of benzene rings is 2. The molecule has 0 unspecified atom stereocenters. The standard InChI is InChI=1S/C13H8NOS/c15-10-5-3-4-9(8-10)13-14-11-6-1-2-7-12(11)16-13/h1-8H. The quantitative estimate of drug-likeness (QED) is 0.614. The molecular weight excluding hydrogens is 218 g/mol. The lowest BCUT2D eigenvalue weighted by atomic mass is 10.2. The number of fused-ring (bicyclic) bond motifs is 1. The largest absolute Gasteiger partial charge is 0.290 e.